The zero-order valence-corrected chi connectivity index (χ0v) is 19.1. The van der Waals surface area contributed by atoms with Crippen LogP contribution in [0.5, 0.6) is 5.75 Å². The monoisotopic (exact) mass is 481 g/mol. The van der Waals surface area contributed by atoms with Crippen LogP contribution in [-0.2, 0) is 0 Å². The number of carbonyl (C=O) groups is 1. The highest BCUT2D eigenvalue weighted by atomic mass is 16.6. The zero-order chi connectivity index (χ0) is 24.9. The van der Waals surface area contributed by atoms with Crippen LogP contribution in [0.4, 0.5) is 16.2 Å². The molecule has 0 aliphatic heterocycles. The number of imidazole rings is 1. The van der Waals surface area contributed by atoms with Crippen LogP contribution >= 0.6 is 0 Å². The van der Waals surface area contributed by atoms with Crippen LogP contribution in [0, 0.1) is 0 Å². The number of anilines is 2. The molecule has 9 heteroatoms. The van der Waals surface area contributed by atoms with Crippen molar-refractivity contribution in [3.05, 3.63) is 107 Å². The Bertz CT molecular complexity index is 1550. The molecule has 3 aromatic carbocycles. The number of nitrogens with one attached hydrogen (secondary N) is 4. The lowest BCUT2D eigenvalue weighted by atomic mass is 10.1. The molecule has 0 radical (unpaired) electrons. The van der Waals surface area contributed by atoms with Crippen LogP contribution in [0.15, 0.2) is 95.9 Å². The number of H-pyrrole nitrogens is 2. The largest absolute Gasteiger partial charge is 0.417 e. The molecular weight excluding hydrogens is 458 g/mol. The van der Waals surface area contributed by atoms with E-state index in [1.807, 2.05) is 36.4 Å². The van der Waals surface area contributed by atoms with Crippen molar-refractivity contribution in [3.63, 3.8) is 0 Å². The van der Waals surface area contributed by atoms with Crippen molar-refractivity contribution in [2.24, 2.45) is 0 Å². The van der Waals surface area contributed by atoms with E-state index in [4.69, 9.17) is 4.74 Å². The molecule has 9 nitrogen and oxygen atoms in total. The first-order chi connectivity index (χ1) is 17.6. The molecule has 0 saturated carbocycles. The predicted molar refractivity (Wildman–Crippen MR) is 138 cm³/mol. The van der Waals surface area contributed by atoms with Crippen molar-refractivity contribution in [2.75, 3.05) is 17.2 Å². The lowest BCUT2D eigenvalue weighted by molar-refractivity contribution is 0.191. The van der Waals surface area contributed by atoms with Gasteiger partial charge in [-0.3, -0.25) is 10.1 Å². The number of aromatic amines is 2. The SMILES string of the molecule is O=C(Nc1cccc2[nH]c(-c3c(NC[C@@H](O)c4ccccc4)cc[nH]c3=O)nc12)Oc1ccccc1. The molecular formula is C27H23N5O4. The Morgan fingerprint density at radius 2 is 1.69 bits per heavy atom. The summed E-state index contributed by atoms with van der Waals surface area (Å²) in [6.45, 7) is 0.193. The van der Waals surface area contributed by atoms with Gasteiger partial charge in [0.05, 0.1) is 23.0 Å². The Hall–Kier alpha value is -4.89. The Kier molecular flexibility index (Phi) is 6.46. The Labute approximate surface area is 205 Å². The van der Waals surface area contributed by atoms with E-state index in [1.165, 1.54) is 6.20 Å². The molecule has 0 bridgehead atoms. The molecule has 5 aromatic rings. The van der Waals surface area contributed by atoms with E-state index in [1.54, 1.807) is 48.5 Å². The maximum absolute atomic E-state index is 12.8. The van der Waals surface area contributed by atoms with Crippen molar-refractivity contribution in [3.8, 4) is 17.1 Å². The second-order valence-electron chi connectivity index (χ2n) is 8.02. The second kappa shape index (κ2) is 10.2. The van der Waals surface area contributed by atoms with Crippen LogP contribution in [0.1, 0.15) is 11.7 Å². The van der Waals surface area contributed by atoms with Gasteiger partial charge in [0, 0.05) is 12.7 Å². The van der Waals surface area contributed by atoms with E-state index in [0.29, 0.717) is 34.0 Å². The molecule has 0 saturated heterocycles. The summed E-state index contributed by atoms with van der Waals surface area (Å²) in [6.07, 6.45) is 0.103. The number of nitrogens with zero attached hydrogens (tertiary/aromatic N) is 1. The number of aromatic nitrogens is 3. The molecule has 5 rings (SSSR count). The molecule has 0 spiro atoms. The summed E-state index contributed by atoms with van der Waals surface area (Å²) in [5, 5.41) is 16.4. The highest BCUT2D eigenvalue weighted by Gasteiger charge is 2.18. The Morgan fingerprint density at radius 3 is 2.47 bits per heavy atom. The second-order valence-corrected chi connectivity index (χ2v) is 8.02. The molecule has 0 aliphatic rings. The summed E-state index contributed by atoms with van der Waals surface area (Å²) in [6, 6.07) is 24.9. The summed E-state index contributed by atoms with van der Waals surface area (Å²) in [7, 11) is 0. The smallest absolute Gasteiger partial charge is 0.410 e. The van der Waals surface area contributed by atoms with Crippen LogP contribution in [-0.4, -0.2) is 32.7 Å². The highest BCUT2D eigenvalue weighted by molar-refractivity contribution is 5.98. The number of para-hydroxylation sites is 2. The van der Waals surface area contributed by atoms with Crippen molar-refractivity contribution >= 4 is 28.5 Å². The molecule has 2 heterocycles. The van der Waals surface area contributed by atoms with Gasteiger partial charge in [0.1, 0.15) is 22.7 Å². The molecule has 36 heavy (non-hydrogen) atoms. The number of pyridine rings is 1. The molecule has 0 aliphatic carbocycles. The van der Waals surface area contributed by atoms with Crippen LogP contribution < -0.4 is 20.9 Å². The lowest BCUT2D eigenvalue weighted by Crippen LogP contribution is -2.17. The number of fused-ring (bicyclic) bond motifs is 1. The van der Waals surface area contributed by atoms with Crippen LogP contribution in [0.25, 0.3) is 22.4 Å². The Morgan fingerprint density at radius 1 is 0.944 bits per heavy atom. The lowest BCUT2D eigenvalue weighted by Gasteiger charge is -2.14. The number of benzene rings is 3. The summed E-state index contributed by atoms with van der Waals surface area (Å²) in [4.78, 5) is 35.6. The van der Waals surface area contributed by atoms with Gasteiger partial charge in [-0.05, 0) is 35.9 Å². The van der Waals surface area contributed by atoms with Crippen molar-refractivity contribution in [1.82, 2.24) is 15.0 Å². The number of aliphatic hydroxyl groups is 1. The number of hydrogen-bond acceptors (Lipinski definition) is 6. The van der Waals surface area contributed by atoms with E-state index in [0.717, 1.165) is 5.56 Å². The Balaban J connectivity index is 1.41. The van der Waals surface area contributed by atoms with E-state index < -0.39 is 12.2 Å². The molecule has 0 fully saturated rings. The fourth-order valence-electron chi connectivity index (χ4n) is 3.84. The number of ether oxygens (including phenoxy) is 1. The predicted octanol–water partition coefficient (Wildman–Crippen LogP) is 4.67. The molecule has 1 atom stereocenters. The van der Waals surface area contributed by atoms with E-state index in [-0.39, 0.29) is 17.7 Å². The van der Waals surface area contributed by atoms with E-state index >= 15 is 0 Å². The molecule has 1 amide bonds. The van der Waals surface area contributed by atoms with Gasteiger partial charge in [-0.25, -0.2) is 9.78 Å². The van der Waals surface area contributed by atoms with Gasteiger partial charge < -0.3 is 25.1 Å². The minimum absolute atomic E-state index is 0.193. The van der Waals surface area contributed by atoms with E-state index in [2.05, 4.69) is 25.6 Å². The van der Waals surface area contributed by atoms with Gasteiger partial charge in [0.25, 0.3) is 5.56 Å². The van der Waals surface area contributed by atoms with Gasteiger partial charge in [-0.2, -0.15) is 0 Å². The summed E-state index contributed by atoms with van der Waals surface area (Å²) in [5.41, 5.74) is 2.72. The van der Waals surface area contributed by atoms with Gasteiger partial charge in [0.15, 0.2) is 0 Å². The molecule has 0 unspecified atom stereocenters. The maximum atomic E-state index is 12.8. The quantitative estimate of drug-likeness (QED) is 0.229. The first kappa shape index (κ1) is 22.9. The molecule has 2 aromatic heterocycles. The van der Waals surface area contributed by atoms with E-state index in [9.17, 15) is 14.7 Å². The van der Waals surface area contributed by atoms with Gasteiger partial charge in [-0.1, -0.05) is 54.6 Å². The maximum Gasteiger partial charge on any atom is 0.417 e. The first-order valence-electron chi connectivity index (χ1n) is 11.3. The van der Waals surface area contributed by atoms with Crippen LogP contribution in [0.2, 0.25) is 0 Å². The van der Waals surface area contributed by atoms with Crippen LogP contribution in [0.3, 0.4) is 0 Å². The summed E-state index contributed by atoms with van der Waals surface area (Å²) < 4.78 is 5.31. The topological polar surface area (TPSA) is 132 Å². The van der Waals surface area contributed by atoms with Crippen molar-refractivity contribution < 1.29 is 14.6 Å². The summed E-state index contributed by atoms with van der Waals surface area (Å²) >= 11 is 0. The minimum atomic E-state index is -0.763. The zero-order valence-electron chi connectivity index (χ0n) is 19.1. The summed E-state index contributed by atoms with van der Waals surface area (Å²) in [5.74, 6) is 0.725. The average molecular weight is 482 g/mol. The van der Waals surface area contributed by atoms with Crippen molar-refractivity contribution in [1.29, 1.82) is 0 Å². The normalized spacial score (nSPS) is 11.7. The van der Waals surface area contributed by atoms with Gasteiger partial charge in [-0.15, -0.1) is 0 Å². The number of aliphatic hydroxyl groups excluding tert-OH is 1. The fourth-order valence-corrected chi connectivity index (χ4v) is 3.84. The number of amides is 1. The minimum Gasteiger partial charge on any atom is -0.410 e. The number of rotatable bonds is 7. The molecule has 5 N–H and O–H groups in total. The third kappa shape index (κ3) is 4.96. The van der Waals surface area contributed by atoms with Gasteiger partial charge in [0.2, 0.25) is 0 Å². The molecule has 180 valence electrons. The number of hydrogen-bond donors (Lipinski definition) is 5. The fraction of sp³-hybridized carbons (Fsp3) is 0.0741. The van der Waals surface area contributed by atoms with Crippen molar-refractivity contribution in [2.45, 2.75) is 6.10 Å². The highest BCUT2D eigenvalue weighted by Crippen LogP contribution is 2.28. The number of carbonyl (C=O) groups excluding carboxylic acids is 1. The standard InChI is InChI=1S/C27H23N5O4/c33-22(17-8-3-1-4-9-17)16-29-19-14-15-28-26(34)23(19)25-30-20-12-7-13-21(24(20)32-25)31-27(35)36-18-10-5-2-6-11-18/h1-15,22,33H,16H2,(H,30,32)(H,31,35)(H2,28,29,34)/t22-/m1/s1. The third-order valence-electron chi connectivity index (χ3n) is 5.57. The van der Waals surface area contributed by atoms with Gasteiger partial charge >= 0.3 is 6.09 Å². The average Bonchev–Trinajstić information content (AvgIpc) is 3.33. The first-order valence-corrected chi connectivity index (χ1v) is 11.3. The third-order valence-corrected chi connectivity index (χ3v) is 5.57.